The molecule has 2 N–H and O–H groups in total. The molecule has 210 valence electrons. The summed E-state index contributed by atoms with van der Waals surface area (Å²) in [5.41, 5.74) is 10.3. The van der Waals surface area contributed by atoms with E-state index < -0.39 is 18.8 Å². The molecular weight excluding hydrogens is 525 g/mol. The van der Waals surface area contributed by atoms with Gasteiger partial charge in [0.15, 0.2) is 5.82 Å². The van der Waals surface area contributed by atoms with Crippen molar-refractivity contribution in [1.82, 2.24) is 29.3 Å². The van der Waals surface area contributed by atoms with Gasteiger partial charge in [0.05, 0.1) is 17.4 Å². The quantitative estimate of drug-likeness (QED) is 0.409. The summed E-state index contributed by atoms with van der Waals surface area (Å²) < 4.78 is 51.5. The molecule has 2 fully saturated rings. The summed E-state index contributed by atoms with van der Waals surface area (Å²) in [4.78, 5) is 18.6. The van der Waals surface area contributed by atoms with E-state index in [1.165, 1.54) is 23.1 Å². The summed E-state index contributed by atoms with van der Waals surface area (Å²) in [6.07, 6.45) is 0.253. The number of fused-ring (bicyclic) bond motifs is 1. The Bertz CT molecular complexity index is 1540. The molecule has 5 heterocycles. The molecule has 0 spiro atoms. The lowest BCUT2D eigenvalue weighted by atomic mass is 10.1. The third-order valence-corrected chi connectivity index (χ3v) is 7.74. The van der Waals surface area contributed by atoms with Gasteiger partial charge in [0.2, 0.25) is 5.91 Å². The van der Waals surface area contributed by atoms with E-state index >= 15 is 0 Å². The number of amides is 1. The Kier molecular flexibility index (Phi) is 6.61. The van der Waals surface area contributed by atoms with Crippen molar-refractivity contribution in [2.24, 2.45) is 0 Å². The number of piperazine rings is 1. The maximum absolute atomic E-state index is 14.1. The van der Waals surface area contributed by atoms with E-state index in [4.69, 9.17) is 10.5 Å². The van der Waals surface area contributed by atoms with E-state index in [0.717, 1.165) is 24.1 Å². The minimum atomic E-state index is -4.51. The van der Waals surface area contributed by atoms with Crippen LogP contribution in [0.5, 0.6) is 0 Å². The first-order valence-corrected chi connectivity index (χ1v) is 13.2. The van der Waals surface area contributed by atoms with Gasteiger partial charge in [-0.2, -0.15) is 23.4 Å². The lowest BCUT2D eigenvalue weighted by molar-refractivity contribution is -0.160. The van der Waals surface area contributed by atoms with Crippen LogP contribution in [0.1, 0.15) is 25.8 Å². The van der Waals surface area contributed by atoms with Crippen molar-refractivity contribution in [3.8, 4) is 22.5 Å². The SMILES string of the molecule is CC(=O)N1CCN(c2cccc(-c3cc(-c4ccnn4C4CCOCC4)c4c(N)ncnn34)c2)C(C(F)(F)F)C1. The van der Waals surface area contributed by atoms with Crippen LogP contribution in [0.25, 0.3) is 28.0 Å². The fourth-order valence-corrected chi connectivity index (χ4v) is 5.72. The number of nitrogen functional groups attached to an aromatic ring is 1. The Hall–Kier alpha value is -4.13. The second-order valence-electron chi connectivity index (χ2n) is 10.1. The molecule has 0 saturated carbocycles. The van der Waals surface area contributed by atoms with Crippen LogP contribution in [0.4, 0.5) is 24.7 Å². The molecule has 40 heavy (non-hydrogen) atoms. The third-order valence-electron chi connectivity index (χ3n) is 7.74. The molecule has 1 aromatic carbocycles. The highest BCUT2D eigenvalue weighted by atomic mass is 19.4. The molecular formula is C27H29F3N8O2. The summed E-state index contributed by atoms with van der Waals surface area (Å²) in [7, 11) is 0. The number of halogens is 3. The van der Waals surface area contributed by atoms with Crippen LogP contribution in [0, 0.1) is 0 Å². The molecule has 2 aliphatic heterocycles. The van der Waals surface area contributed by atoms with Crippen molar-refractivity contribution in [3.63, 3.8) is 0 Å². The number of rotatable bonds is 4. The number of carbonyl (C=O) groups excluding carboxylic acids is 1. The maximum atomic E-state index is 14.1. The minimum Gasteiger partial charge on any atom is -0.382 e. The molecule has 1 unspecified atom stereocenters. The van der Waals surface area contributed by atoms with Gasteiger partial charge in [-0.1, -0.05) is 12.1 Å². The standard InChI is InChI=1S/C27H29F3N8O2/c1-17(39)35-9-10-36(24(15-35)27(28,29)30)20-4-2-3-18(13-20)23-14-21(25-26(31)32-16-34-38(23)25)22-5-8-33-37(22)19-6-11-40-12-7-19/h2-5,8,13-14,16,19,24H,6-7,9-12,15H2,1H3,(H2,31,32,34). The zero-order valence-electron chi connectivity index (χ0n) is 21.9. The van der Waals surface area contributed by atoms with E-state index in [9.17, 15) is 18.0 Å². The molecule has 1 atom stereocenters. The van der Waals surface area contributed by atoms with Gasteiger partial charge < -0.3 is 20.3 Å². The molecule has 3 aromatic heterocycles. The van der Waals surface area contributed by atoms with Crippen molar-refractivity contribution >= 4 is 22.9 Å². The van der Waals surface area contributed by atoms with Crippen molar-refractivity contribution in [2.75, 3.05) is 43.5 Å². The number of alkyl halides is 3. The van der Waals surface area contributed by atoms with Gasteiger partial charge in [0.25, 0.3) is 0 Å². The van der Waals surface area contributed by atoms with Crippen LogP contribution in [-0.2, 0) is 9.53 Å². The molecule has 0 aliphatic carbocycles. The first kappa shape index (κ1) is 26.1. The van der Waals surface area contributed by atoms with Gasteiger partial charge >= 0.3 is 6.18 Å². The highest BCUT2D eigenvalue weighted by molar-refractivity contribution is 5.91. The van der Waals surface area contributed by atoms with Gasteiger partial charge in [-0.3, -0.25) is 9.48 Å². The molecule has 13 heteroatoms. The van der Waals surface area contributed by atoms with Gasteiger partial charge in [-0.15, -0.1) is 0 Å². The van der Waals surface area contributed by atoms with Crippen molar-refractivity contribution in [1.29, 1.82) is 0 Å². The Morgan fingerprint density at radius 1 is 1.07 bits per heavy atom. The van der Waals surface area contributed by atoms with Crippen LogP contribution in [0.2, 0.25) is 0 Å². The Morgan fingerprint density at radius 2 is 1.88 bits per heavy atom. The molecule has 6 rings (SSSR count). The van der Waals surface area contributed by atoms with E-state index in [1.54, 1.807) is 28.9 Å². The first-order chi connectivity index (χ1) is 19.2. The van der Waals surface area contributed by atoms with Gasteiger partial charge in [-0.25, -0.2) is 9.50 Å². The van der Waals surface area contributed by atoms with Crippen molar-refractivity contribution in [2.45, 2.75) is 38.0 Å². The average Bonchev–Trinajstić information content (AvgIpc) is 3.59. The lowest BCUT2D eigenvalue weighted by Gasteiger charge is -2.43. The topological polar surface area (TPSA) is 107 Å². The highest BCUT2D eigenvalue weighted by Gasteiger charge is 2.47. The number of nitrogens with zero attached hydrogens (tertiary/aromatic N) is 7. The summed E-state index contributed by atoms with van der Waals surface area (Å²) >= 11 is 0. The molecule has 0 radical (unpaired) electrons. The number of anilines is 2. The number of nitrogens with two attached hydrogens (primary N) is 1. The lowest BCUT2D eigenvalue weighted by Crippen LogP contribution is -2.60. The largest absolute Gasteiger partial charge is 0.410 e. The van der Waals surface area contributed by atoms with Crippen molar-refractivity contribution in [3.05, 3.63) is 48.9 Å². The van der Waals surface area contributed by atoms with Crippen LogP contribution in [0.3, 0.4) is 0 Å². The van der Waals surface area contributed by atoms with Crippen molar-refractivity contribution < 1.29 is 22.7 Å². The van der Waals surface area contributed by atoms with E-state index in [0.29, 0.717) is 35.7 Å². The normalized spacial score (nSPS) is 18.9. The molecule has 0 bridgehead atoms. The van der Waals surface area contributed by atoms with Gasteiger partial charge in [0.1, 0.15) is 17.9 Å². The van der Waals surface area contributed by atoms with Crippen LogP contribution in [-0.4, -0.2) is 80.3 Å². The summed E-state index contributed by atoms with van der Waals surface area (Å²) in [6, 6.07) is 9.14. The monoisotopic (exact) mass is 554 g/mol. The predicted molar refractivity (Wildman–Crippen MR) is 143 cm³/mol. The second-order valence-corrected chi connectivity index (χ2v) is 10.1. The van der Waals surface area contributed by atoms with E-state index in [-0.39, 0.29) is 30.9 Å². The molecule has 4 aromatic rings. The zero-order chi connectivity index (χ0) is 28.0. The number of benzene rings is 1. The summed E-state index contributed by atoms with van der Waals surface area (Å²) in [6.45, 7) is 2.46. The van der Waals surface area contributed by atoms with Gasteiger partial charge in [-0.05, 0) is 37.1 Å². The predicted octanol–water partition coefficient (Wildman–Crippen LogP) is 3.79. The summed E-state index contributed by atoms with van der Waals surface area (Å²) in [5.74, 6) is -0.0864. The van der Waals surface area contributed by atoms with E-state index in [1.807, 2.05) is 22.9 Å². The number of hydrogen-bond donors (Lipinski definition) is 1. The molecule has 2 saturated heterocycles. The van der Waals surface area contributed by atoms with Crippen LogP contribution < -0.4 is 10.6 Å². The number of carbonyl (C=O) groups is 1. The second kappa shape index (κ2) is 10.1. The minimum absolute atomic E-state index is 0.0623. The third kappa shape index (κ3) is 4.63. The highest BCUT2D eigenvalue weighted by Crippen LogP contribution is 2.38. The first-order valence-electron chi connectivity index (χ1n) is 13.2. The Labute approximate surface area is 228 Å². The van der Waals surface area contributed by atoms with Crippen LogP contribution >= 0.6 is 0 Å². The Balaban J connectivity index is 1.43. The smallest absolute Gasteiger partial charge is 0.382 e. The molecule has 10 nitrogen and oxygen atoms in total. The average molecular weight is 555 g/mol. The zero-order valence-corrected chi connectivity index (χ0v) is 21.9. The number of aromatic nitrogens is 5. The number of hydrogen-bond acceptors (Lipinski definition) is 7. The van der Waals surface area contributed by atoms with E-state index in [2.05, 4.69) is 15.2 Å². The van der Waals surface area contributed by atoms with Gasteiger partial charge in [0, 0.05) is 62.8 Å². The fourth-order valence-electron chi connectivity index (χ4n) is 5.72. The Morgan fingerprint density at radius 3 is 2.62 bits per heavy atom. The number of ether oxygens (including phenoxy) is 1. The molecule has 1 amide bonds. The fraction of sp³-hybridized carbons (Fsp3) is 0.407. The summed E-state index contributed by atoms with van der Waals surface area (Å²) in [5, 5.41) is 9.04. The maximum Gasteiger partial charge on any atom is 0.410 e. The van der Waals surface area contributed by atoms with Crippen LogP contribution in [0.15, 0.2) is 48.9 Å². The molecule has 2 aliphatic rings.